The molecule has 0 radical (unpaired) electrons. The summed E-state index contributed by atoms with van der Waals surface area (Å²) < 4.78 is 1.88. The van der Waals surface area contributed by atoms with E-state index in [1.807, 2.05) is 61.7 Å². The van der Waals surface area contributed by atoms with Gasteiger partial charge in [-0.05, 0) is 56.2 Å². The van der Waals surface area contributed by atoms with Gasteiger partial charge in [0.1, 0.15) is 17.9 Å². The number of nitrogens with one attached hydrogen (secondary N) is 1. The summed E-state index contributed by atoms with van der Waals surface area (Å²) in [5.74, 6) is 0.686. The van der Waals surface area contributed by atoms with Crippen LogP contribution < -0.4 is 11.1 Å². The first-order valence-corrected chi connectivity index (χ1v) is 7.54. The Hall–Kier alpha value is -2.82. The third-order valence-electron chi connectivity index (χ3n) is 4.09. The highest BCUT2D eigenvalue weighted by molar-refractivity contribution is 5.93. The van der Waals surface area contributed by atoms with Gasteiger partial charge in [0, 0.05) is 5.69 Å². The molecule has 0 spiro atoms. The number of carbonyl (C=O) groups is 1. The van der Waals surface area contributed by atoms with Crippen LogP contribution in [0.2, 0.25) is 0 Å². The zero-order chi connectivity index (χ0) is 16.6. The van der Waals surface area contributed by atoms with Crippen molar-refractivity contribution in [3.05, 3.63) is 53.3 Å². The maximum absolute atomic E-state index is 12.4. The van der Waals surface area contributed by atoms with Crippen LogP contribution >= 0.6 is 0 Å². The lowest BCUT2D eigenvalue weighted by Crippen LogP contribution is -2.19. The molecule has 118 valence electrons. The molecule has 0 atom stereocenters. The molecule has 0 saturated heterocycles. The third-order valence-corrected chi connectivity index (χ3v) is 4.09. The highest BCUT2D eigenvalue weighted by atomic mass is 16.1. The molecule has 1 aromatic heterocycles. The number of benzene rings is 2. The molecule has 3 rings (SSSR count). The van der Waals surface area contributed by atoms with E-state index in [9.17, 15) is 4.79 Å². The molecule has 3 N–H and O–H groups in total. The van der Waals surface area contributed by atoms with Gasteiger partial charge in [0.15, 0.2) is 0 Å². The molecule has 1 heterocycles. The minimum absolute atomic E-state index is 0.0851. The van der Waals surface area contributed by atoms with Gasteiger partial charge in [0.25, 0.3) is 0 Å². The number of nitrogens with two attached hydrogens (primary N) is 1. The number of nitrogen functional groups attached to an aromatic ring is 1. The quantitative estimate of drug-likeness (QED) is 0.730. The van der Waals surface area contributed by atoms with E-state index in [2.05, 4.69) is 10.3 Å². The number of carbonyl (C=O) groups excluding carboxylic acids is 1. The second-order valence-corrected chi connectivity index (χ2v) is 5.81. The Morgan fingerprint density at radius 2 is 1.96 bits per heavy atom. The topological polar surface area (TPSA) is 72.9 Å². The number of aryl methyl sites for hydroxylation is 3. The zero-order valence-electron chi connectivity index (χ0n) is 13.6. The van der Waals surface area contributed by atoms with Crippen LogP contribution in [0.15, 0.2) is 36.4 Å². The lowest BCUT2D eigenvalue weighted by atomic mass is 10.1. The Labute approximate surface area is 135 Å². The van der Waals surface area contributed by atoms with E-state index >= 15 is 0 Å². The first-order chi connectivity index (χ1) is 11.0. The van der Waals surface area contributed by atoms with Crippen molar-refractivity contribution in [3.63, 3.8) is 0 Å². The summed E-state index contributed by atoms with van der Waals surface area (Å²) in [6.45, 7) is 6.16. The van der Waals surface area contributed by atoms with E-state index in [0.29, 0.717) is 5.69 Å². The van der Waals surface area contributed by atoms with Gasteiger partial charge in [0.2, 0.25) is 5.91 Å². The molecule has 0 fully saturated rings. The summed E-state index contributed by atoms with van der Waals surface area (Å²) in [6.07, 6.45) is 0. The van der Waals surface area contributed by atoms with Crippen LogP contribution in [0.5, 0.6) is 0 Å². The minimum atomic E-state index is -0.0851. The average molecular weight is 308 g/mol. The van der Waals surface area contributed by atoms with Crippen LogP contribution in [0.3, 0.4) is 0 Å². The smallest absolute Gasteiger partial charge is 0.244 e. The number of hydrogen-bond donors (Lipinski definition) is 2. The van der Waals surface area contributed by atoms with Crippen molar-refractivity contribution in [3.8, 4) is 0 Å². The first-order valence-electron chi connectivity index (χ1n) is 7.54. The van der Waals surface area contributed by atoms with E-state index < -0.39 is 0 Å². The number of aromatic nitrogens is 2. The van der Waals surface area contributed by atoms with Gasteiger partial charge < -0.3 is 15.6 Å². The molecule has 1 amide bonds. The fourth-order valence-corrected chi connectivity index (χ4v) is 2.65. The van der Waals surface area contributed by atoms with Gasteiger partial charge in [-0.2, -0.15) is 0 Å². The normalized spacial score (nSPS) is 10.9. The second kappa shape index (κ2) is 5.76. The first kappa shape index (κ1) is 15.1. The van der Waals surface area contributed by atoms with Gasteiger partial charge in [-0.1, -0.05) is 12.1 Å². The molecule has 0 bridgehead atoms. The molecule has 3 aromatic rings. The van der Waals surface area contributed by atoms with Crippen molar-refractivity contribution in [2.75, 3.05) is 11.1 Å². The van der Waals surface area contributed by atoms with Crippen molar-refractivity contribution in [1.82, 2.24) is 9.55 Å². The van der Waals surface area contributed by atoms with Gasteiger partial charge in [-0.3, -0.25) is 4.79 Å². The molecular formula is C18H20N4O. The van der Waals surface area contributed by atoms with Crippen LogP contribution in [0, 0.1) is 20.8 Å². The maximum Gasteiger partial charge on any atom is 0.244 e. The zero-order valence-corrected chi connectivity index (χ0v) is 13.6. The minimum Gasteiger partial charge on any atom is -0.397 e. The van der Waals surface area contributed by atoms with E-state index in [4.69, 9.17) is 5.73 Å². The molecule has 5 nitrogen and oxygen atoms in total. The van der Waals surface area contributed by atoms with Crippen molar-refractivity contribution < 1.29 is 4.79 Å². The molecule has 5 heteroatoms. The van der Waals surface area contributed by atoms with E-state index in [0.717, 1.165) is 28.1 Å². The fourth-order valence-electron chi connectivity index (χ4n) is 2.65. The lowest BCUT2D eigenvalue weighted by Gasteiger charge is -2.10. The Morgan fingerprint density at radius 1 is 1.17 bits per heavy atom. The molecule has 2 aromatic carbocycles. The predicted molar refractivity (Wildman–Crippen MR) is 93.4 cm³/mol. The number of anilines is 2. The number of fused-ring (bicyclic) bond motifs is 1. The Kier molecular flexibility index (Phi) is 3.78. The molecule has 0 aliphatic heterocycles. The molecule has 0 aliphatic rings. The van der Waals surface area contributed by atoms with Gasteiger partial charge >= 0.3 is 0 Å². The fraction of sp³-hybridized carbons (Fsp3) is 0.222. The summed E-state index contributed by atoms with van der Waals surface area (Å²) in [5.41, 5.74) is 11.3. The Balaban J connectivity index is 1.84. The molecule has 0 aliphatic carbocycles. The summed E-state index contributed by atoms with van der Waals surface area (Å²) in [4.78, 5) is 16.8. The molecule has 23 heavy (non-hydrogen) atoms. The monoisotopic (exact) mass is 308 g/mol. The van der Waals surface area contributed by atoms with Crippen molar-refractivity contribution in [2.45, 2.75) is 27.3 Å². The number of amides is 1. The molecule has 0 unspecified atom stereocenters. The number of nitrogens with zero attached hydrogens (tertiary/aromatic N) is 2. The predicted octanol–water partition coefficient (Wildman–Crippen LogP) is 3.18. The standard InChI is InChI=1S/C18H20N4O/c1-11-7-8-14(9-12(11)2)21-17(23)10-22-13(3)20-18-15(19)5-4-6-16(18)22/h4-9H,10,19H2,1-3H3,(H,21,23). The van der Waals surface area contributed by atoms with Crippen molar-refractivity contribution in [2.24, 2.45) is 0 Å². The Morgan fingerprint density at radius 3 is 2.70 bits per heavy atom. The average Bonchev–Trinajstić information content (AvgIpc) is 2.81. The summed E-state index contributed by atoms with van der Waals surface area (Å²) >= 11 is 0. The number of para-hydroxylation sites is 1. The maximum atomic E-state index is 12.4. The van der Waals surface area contributed by atoms with Crippen LogP contribution in [0.4, 0.5) is 11.4 Å². The van der Waals surface area contributed by atoms with E-state index in [1.165, 1.54) is 5.56 Å². The highest BCUT2D eigenvalue weighted by Gasteiger charge is 2.12. The third kappa shape index (κ3) is 2.90. The second-order valence-electron chi connectivity index (χ2n) is 5.81. The van der Waals surface area contributed by atoms with E-state index in [-0.39, 0.29) is 12.5 Å². The van der Waals surface area contributed by atoms with Crippen LogP contribution in [-0.2, 0) is 11.3 Å². The van der Waals surface area contributed by atoms with Crippen LogP contribution in [0.25, 0.3) is 11.0 Å². The SMILES string of the molecule is Cc1ccc(NC(=O)Cn2c(C)nc3c(N)cccc32)cc1C. The number of hydrogen-bond acceptors (Lipinski definition) is 3. The van der Waals surface area contributed by atoms with Crippen LogP contribution in [-0.4, -0.2) is 15.5 Å². The number of rotatable bonds is 3. The number of imidazole rings is 1. The van der Waals surface area contributed by atoms with Crippen molar-refractivity contribution in [1.29, 1.82) is 0 Å². The molecule has 0 saturated carbocycles. The highest BCUT2D eigenvalue weighted by Crippen LogP contribution is 2.21. The largest absolute Gasteiger partial charge is 0.397 e. The van der Waals surface area contributed by atoms with Crippen molar-refractivity contribution >= 4 is 28.3 Å². The molecular weight excluding hydrogens is 288 g/mol. The van der Waals surface area contributed by atoms with Gasteiger partial charge in [-0.15, -0.1) is 0 Å². The summed E-state index contributed by atoms with van der Waals surface area (Å²) in [5, 5.41) is 2.94. The van der Waals surface area contributed by atoms with E-state index in [1.54, 1.807) is 0 Å². The van der Waals surface area contributed by atoms with Crippen LogP contribution in [0.1, 0.15) is 17.0 Å². The summed E-state index contributed by atoms with van der Waals surface area (Å²) in [6, 6.07) is 11.5. The van der Waals surface area contributed by atoms with Gasteiger partial charge in [-0.25, -0.2) is 4.98 Å². The summed E-state index contributed by atoms with van der Waals surface area (Å²) in [7, 11) is 0. The lowest BCUT2D eigenvalue weighted by molar-refractivity contribution is -0.116. The van der Waals surface area contributed by atoms with Gasteiger partial charge in [0.05, 0.1) is 11.2 Å². The Bertz CT molecular complexity index is 895.